The van der Waals surface area contributed by atoms with Crippen molar-refractivity contribution in [1.82, 2.24) is 9.71 Å². The molecule has 2 N–H and O–H groups in total. The van der Waals surface area contributed by atoms with E-state index < -0.39 is 15.9 Å². The number of rotatable bonds is 7. The third kappa shape index (κ3) is 5.02. The van der Waals surface area contributed by atoms with Crippen LogP contribution in [-0.4, -0.2) is 25.9 Å². The second kappa shape index (κ2) is 8.23. The molecule has 0 aliphatic heterocycles. The van der Waals surface area contributed by atoms with Gasteiger partial charge in [-0.25, -0.2) is 18.1 Å². The number of hydrogen-bond donors (Lipinski definition) is 2. The van der Waals surface area contributed by atoms with Gasteiger partial charge in [0.1, 0.15) is 5.15 Å². The summed E-state index contributed by atoms with van der Waals surface area (Å²) in [6, 6.07) is 9.13. The Morgan fingerprint density at radius 3 is 2.71 bits per heavy atom. The van der Waals surface area contributed by atoms with Crippen molar-refractivity contribution in [1.29, 1.82) is 0 Å². The molecule has 0 bridgehead atoms. The normalized spacial score (nSPS) is 11.2. The van der Waals surface area contributed by atoms with Crippen molar-refractivity contribution >= 4 is 33.2 Å². The predicted molar refractivity (Wildman–Crippen MR) is 93.7 cm³/mol. The van der Waals surface area contributed by atoms with Crippen LogP contribution < -0.4 is 10.0 Å². The Hall–Kier alpha value is -1.96. The van der Waals surface area contributed by atoms with Crippen LogP contribution in [0.25, 0.3) is 0 Å². The maximum absolute atomic E-state index is 12.2. The zero-order valence-corrected chi connectivity index (χ0v) is 14.7. The monoisotopic (exact) mass is 367 g/mol. The van der Waals surface area contributed by atoms with Crippen molar-refractivity contribution in [3.63, 3.8) is 0 Å². The van der Waals surface area contributed by atoms with E-state index in [0.29, 0.717) is 17.8 Å². The molecule has 0 unspecified atom stereocenters. The van der Waals surface area contributed by atoms with E-state index in [-0.39, 0.29) is 10.0 Å². The standard InChI is InChI=1S/C16H18ClN3O3S/c1-2-3-9-19-24(22,23)14-6-4-5-13(10-14)20-16(21)12-7-8-15(17)18-11-12/h4-8,10-11,19H,2-3,9H2,1H3,(H,20,21). The van der Waals surface area contributed by atoms with Gasteiger partial charge in [0.2, 0.25) is 10.0 Å². The highest BCUT2D eigenvalue weighted by atomic mass is 35.5. The van der Waals surface area contributed by atoms with Gasteiger partial charge < -0.3 is 5.32 Å². The molecule has 0 aliphatic carbocycles. The minimum absolute atomic E-state index is 0.102. The molecule has 0 saturated heterocycles. The van der Waals surface area contributed by atoms with Crippen molar-refractivity contribution < 1.29 is 13.2 Å². The second-order valence-electron chi connectivity index (χ2n) is 5.10. The first-order valence-corrected chi connectivity index (χ1v) is 9.31. The van der Waals surface area contributed by atoms with Crippen LogP contribution in [0.3, 0.4) is 0 Å². The summed E-state index contributed by atoms with van der Waals surface area (Å²) >= 11 is 5.68. The zero-order valence-electron chi connectivity index (χ0n) is 13.1. The number of amides is 1. The van der Waals surface area contributed by atoms with E-state index in [9.17, 15) is 13.2 Å². The molecule has 2 rings (SSSR count). The average molecular weight is 368 g/mol. The first kappa shape index (κ1) is 18.4. The predicted octanol–water partition coefficient (Wildman–Crippen LogP) is 3.07. The molecule has 8 heteroatoms. The molecule has 1 amide bonds. The number of aromatic nitrogens is 1. The number of benzene rings is 1. The van der Waals surface area contributed by atoms with Crippen molar-refractivity contribution in [3.05, 3.63) is 53.3 Å². The molecule has 6 nitrogen and oxygen atoms in total. The zero-order chi connectivity index (χ0) is 17.6. The van der Waals surface area contributed by atoms with Gasteiger partial charge in [-0.2, -0.15) is 0 Å². The van der Waals surface area contributed by atoms with Crippen LogP contribution in [0.5, 0.6) is 0 Å². The molecule has 0 aliphatic rings. The lowest BCUT2D eigenvalue weighted by Gasteiger charge is -2.09. The summed E-state index contributed by atoms with van der Waals surface area (Å²) in [6.45, 7) is 2.36. The fraction of sp³-hybridized carbons (Fsp3) is 0.250. The number of anilines is 1. The SMILES string of the molecule is CCCCNS(=O)(=O)c1cccc(NC(=O)c2ccc(Cl)nc2)c1. The number of unbranched alkanes of at least 4 members (excludes halogenated alkanes) is 1. The fourth-order valence-corrected chi connectivity index (χ4v) is 3.15. The lowest BCUT2D eigenvalue weighted by atomic mass is 10.2. The topological polar surface area (TPSA) is 88.2 Å². The summed E-state index contributed by atoms with van der Waals surface area (Å²) in [5, 5.41) is 2.93. The lowest BCUT2D eigenvalue weighted by Crippen LogP contribution is -2.24. The van der Waals surface area contributed by atoms with Crippen LogP contribution in [0.15, 0.2) is 47.5 Å². The summed E-state index contributed by atoms with van der Waals surface area (Å²) < 4.78 is 26.9. The maximum Gasteiger partial charge on any atom is 0.257 e. The lowest BCUT2D eigenvalue weighted by molar-refractivity contribution is 0.102. The molecular weight excluding hydrogens is 350 g/mol. The van der Waals surface area contributed by atoms with Crippen molar-refractivity contribution in [2.24, 2.45) is 0 Å². The maximum atomic E-state index is 12.2. The van der Waals surface area contributed by atoms with E-state index in [2.05, 4.69) is 15.0 Å². The summed E-state index contributed by atoms with van der Waals surface area (Å²) in [4.78, 5) is 16.1. The van der Waals surface area contributed by atoms with Gasteiger partial charge in [0.15, 0.2) is 0 Å². The van der Waals surface area contributed by atoms with Crippen LogP contribution in [0.1, 0.15) is 30.1 Å². The minimum atomic E-state index is -3.59. The van der Waals surface area contributed by atoms with E-state index in [0.717, 1.165) is 12.8 Å². The number of hydrogen-bond acceptors (Lipinski definition) is 4. The van der Waals surface area contributed by atoms with Gasteiger partial charge >= 0.3 is 0 Å². The van der Waals surface area contributed by atoms with Gasteiger partial charge in [-0.1, -0.05) is 31.0 Å². The largest absolute Gasteiger partial charge is 0.322 e. The highest BCUT2D eigenvalue weighted by molar-refractivity contribution is 7.89. The molecule has 24 heavy (non-hydrogen) atoms. The van der Waals surface area contributed by atoms with E-state index in [1.54, 1.807) is 12.1 Å². The fourth-order valence-electron chi connectivity index (χ4n) is 1.92. The Balaban J connectivity index is 2.12. The molecule has 0 spiro atoms. The molecule has 0 saturated carbocycles. The van der Waals surface area contributed by atoms with E-state index in [4.69, 9.17) is 11.6 Å². The quantitative estimate of drug-likeness (QED) is 0.581. The van der Waals surface area contributed by atoms with Gasteiger partial charge in [-0.05, 0) is 36.8 Å². The Morgan fingerprint density at radius 2 is 2.04 bits per heavy atom. The number of nitrogens with zero attached hydrogens (tertiary/aromatic N) is 1. The first-order chi connectivity index (χ1) is 11.4. The van der Waals surface area contributed by atoms with Gasteiger partial charge in [0.05, 0.1) is 10.5 Å². The van der Waals surface area contributed by atoms with Crippen LogP contribution in [0.4, 0.5) is 5.69 Å². The summed E-state index contributed by atoms with van der Waals surface area (Å²) in [6.07, 6.45) is 3.01. The summed E-state index contributed by atoms with van der Waals surface area (Å²) in [5.41, 5.74) is 0.710. The number of pyridine rings is 1. The van der Waals surface area contributed by atoms with Gasteiger partial charge in [0, 0.05) is 18.4 Å². The van der Waals surface area contributed by atoms with Gasteiger partial charge in [-0.3, -0.25) is 4.79 Å². The van der Waals surface area contributed by atoms with Crippen molar-refractivity contribution in [2.45, 2.75) is 24.7 Å². The van der Waals surface area contributed by atoms with Crippen LogP contribution in [0, 0.1) is 0 Å². The molecule has 0 radical (unpaired) electrons. The molecule has 0 fully saturated rings. The Bertz CT molecular complexity index is 808. The minimum Gasteiger partial charge on any atom is -0.322 e. The number of carbonyl (C=O) groups is 1. The smallest absolute Gasteiger partial charge is 0.257 e. The van der Waals surface area contributed by atoms with E-state index >= 15 is 0 Å². The molecule has 2 aromatic rings. The highest BCUT2D eigenvalue weighted by Crippen LogP contribution is 2.16. The van der Waals surface area contributed by atoms with Gasteiger partial charge in [-0.15, -0.1) is 0 Å². The Labute approximate surface area is 146 Å². The third-order valence-electron chi connectivity index (χ3n) is 3.21. The molecular formula is C16H18ClN3O3S. The number of sulfonamides is 1. The van der Waals surface area contributed by atoms with Gasteiger partial charge in [0.25, 0.3) is 5.91 Å². The average Bonchev–Trinajstić information content (AvgIpc) is 2.56. The third-order valence-corrected chi connectivity index (χ3v) is 4.90. The highest BCUT2D eigenvalue weighted by Gasteiger charge is 2.14. The van der Waals surface area contributed by atoms with Crippen LogP contribution >= 0.6 is 11.6 Å². The van der Waals surface area contributed by atoms with Crippen molar-refractivity contribution in [3.8, 4) is 0 Å². The molecule has 1 heterocycles. The van der Waals surface area contributed by atoms with Crippen LogP contribution in [0.2, 0.25) is 5.15 Å². The number of nitrogens with one attached hydrogen (secondary N) is 2. The van der Waals surface area contributed by atoms with E-state index in [1.807, 2.05) is 6.92 Å². The Kier molecular flexibility index (Phi) is 6.30. The molecule has 1 aromatic carbocycles. The van der Waals surface area contributed by atoms with E-state index in [1.165, 1.54) is 30.5 Å². The second-order valence-corrected chi connectivity index (χ2v) is 7.26. The van der Waals surface area contributed by atoms with Crippen molar-refractivity contribution in [2.75, 3.05) is 11.9 Å². The first-order valence-electron chi connectivity index (χ1n) is 7.45. The molecule has 128 valence electrons. The van der Waals surface area contributed by atoms with Crippen LogP contribution in [-0.2, 0) is 10.0 Å². The molecule has 0 atom stereocenters. The number of halogens is 1. The Morgan fingerprint density at radius 1 is 1.25 bits per heavy atom. The number of carbonyl (C=O) groups excluding carboxylic acids is 1. The summed E-state index contributed by atoms with van der Waals surface area (Å²) in [7, 11) is -3.59. The summed E-state index contributed by atoms with van der Waals surface area (Å²) in [5.74, 6) is -0.396. The molecule has 1 aromatic heterocycles.